The minimum atomic E-state index is -3.42. The van der Waals surface area contributed by atoms with Gasteiger partial charge in [-0.1, -0.05) is 18.2 Å². The predicted molar refractivity (Wildman–Crippen MR) is 96.4 cm³/mol. The summed E-state index contributed by atoms with van der Waals surface area (Å²) >= 11 is 3.28. The lowest BCUT2D eigenvalue weighted by Crippen LogP contribution is -2.26. The lowest BCUT2D eigenvalue weighted by Gasteiger charge is -2.17. The first-order chi connectivity index (χ1) is 12.3. The molecule has 0 amide bonds. The Morgan fingerprint density at radius 1 is 1.27 bits per heavy atom. The van der Waals surface area contributed by atoms with Crippen LogP contribution in [-0.2, 0) is 12.5 Å². The van der Waals surface area contributed by atoms with Gasteiger partial charge in [0, 0.05) is 17.5 Å². The molecular formula is C17H15BrF3N5. The minimum Gasteiger partial charge on any atom is -0.365 e. The third-order valence-corrected chi connectivity index (χ3v) is 4.27. The molecule has 136 valence electrons. The second kappa shape index (κ2) is 7.16. The van der Waals surface area contributed by atoms with Gasteiger partial charge in [-0.3, -0.25) is 0 Å². The molecule has 0 aliphatic heterocycles. The largest absolute Gasteiger partial charge is 0.365 e. The highest BCUT2D eigenvalue weighted by molar-refractivity contribution is 9.10. The van der Waals surface area contributed by atoms with Gasteiger partial charge < -0.3 is 11.1 Å². The second-order valence-electron chi connectivity index (χ2n) is 5.68. The molecule has 0 radical (unpaired) electrons. The Bertz CT molecular complexity index is 965. The highest BCUT2D eigenvalue weighted by Gasteiger charge is 2.33. The number of nitrogens with two attached hydrogens (primary N) is 1. The van der Waals surface area contributed by atoms with Gasteiger partial charge in [-0.15, -0.1) is 0 Å². The van der Waals surface area contributed by atoms with E-state index in [0.717, 1.165) is 6.07 Å². The van der Waals surface area contributed by atoms with Gasteiger partial charge in [0.15, 0.2) is 0 Å². The Hall–Kier alpha value is -2.26. The fourth-order valence-corrected chi connectivity index (χ4v) is 2.88. The van der Waals surface area contributed by atoms with Gasteiger partial charge in [-0.05, 0) is 28.9 Å². The molecule has 1 aromatic carbocycles. The van der Waals surface area contributed by atoms with Crippen LogP contribution in [0.15, 0.2) is 35.1 Å². The first-order valence-corrected chi connectivity index (χ1v) is 8.50. The average molecular weight is 426 g/mol. The zero-order valence-corrected chi connectivity index (χ0v) is 15.3. The van der Waals surface area contributed by atoms with Crippen LogP contribution in [0.2, 0.25) is 0 Å². The van der Waals surface area contributed by atoms with E-state index in [0.29, 0.717) is 27.1 Å². The summed E-state index contributed by atoms with van der Waals surface area (Å²) in [5, 5.41) is 3.68. The van der Waals surface area contributed by atoms with Crippen molar-refractivity contribution in [3.8, 4) is 0 Å². The number of anilines is 1. The molecule has 0 saturated carbocycles. The van der Waals surface area contributed by atoms with Crippen LogP contribution >= 0.6 is 15.9 Å². The maximum atomic E-state index is 14.5. The monoisotopic (exact) mass is 425 g/mol. The smallest absolute Gasteiger partial charge is 0.288 e. The van der Waals surface area contributed by atoms with Crippen LogP contribution in [0.3, 0.4) is 0 Å². The van der Waals surface area contributed by atoms with Crippen LogP contribution in [-0.4, -0.2) is 21.5 Å². The maximum absolute atomic E-state index is 14.5. The van der Waals surface area contributed by atoms with Crippen LogP contribution < -0.4 is 11.1 Å². The first kappa shape index (κ1) is 18.5. The maximum Gasteiger partial charge on any atom is 0.288 e. The molecule has 0 fully saturated rings. The molecule has 2 heterocycles. The number of nitrogens with one attached hydrogen (secondary N) is 1. The Kier molecular flexibility index (Phi) is 5.10. The van der Waals surface area contributed by atoms with Crippen LogP contribution in [0.1, 0.15) is 17.0 Å². The van der Waals surface area contributed by atoms with Crippen molar-refractivity contribution in [3.05, 3.63) is 57.8 Å². The summed E-state index contributed by atoms with van der Waals surface area (Å²) in [6.45, 7) is 0.735. The van der Waals surface area contributed by atoms with Crippen molar-refractivity contribution < 1.29 is 13.2 Å². The number of hydrogen-bond acceptors (Lipinski definition) is 5. The van der Waals surface area contributed by atoms with Crippen molar-refractivity contribution in [2.75, 3.05) is 11.9 Å². The Labute approximate surface area is 156 Å². The average Bonchev–Trinajstić information content (AvgIpc) is 2.61. The van der Waals surface area contributed by atoms with Crippen LogP contribution in [0.5, 0.6) is 0 Å². The van der Waals surface area contributed by atoms with E-state index in [2.05, 4.69) is 36.2 Å². The molecular weight excluding hydrogens is 411 g/mol. The summed E-state index contributed by atoms with van der Waals surface area (Å²) in [5.41, 5.74) is 5.05. The van der Waals surface area contributed by atoms with Gasteiger partial charge in [0.1, 0.15) is 22.1 Å². The Morgan fingerprint density at radius 3 is 2.77 bits per heavy atom. The number of aromatic nitrogens is 3. The molecule has 0 aliphatic rings. The number of alkyl halides is 2. The van der Waals surface area contributed by atoms with Gasteiger partial charge in [-0.25, -0.2) is 19.3 Å². The SMILES string of the molecule is Cc1nc(NCc2cccc(C(F)(F)CN)c2F)c2cc(Br)ncc2n1. The Balaban J connectivity index is 1.94. The van der Waals surface area contributed by atoms with Gasteiger partial charge in [0.2, 0.25) is 0 Å². The molecule has 0 spiro atoms. The number of hydrogen-bond donors (Lipinski definition) is 2. The molecule has 3 aromatic rings. The van der Waals surface area contributed by atoms with E-state index < -0.39 is 23.8 Å². The second-order valence-corrected chi connectivity index (χ2v) is 6.50. The number of fused-ring (bicyclic) bond motifs is 1. The third kappa shape index (κ3) is 3.63. The quantitative estimate of drug-likeness (QED) is 0.606. The molecule has 0 bridgehead atoms. The fraction of sp³-hybridized carbons (Fsp3) is 0.235. The molecule has 26 heavy (non-hydrogen) atoms. The number of nitrogens with zero attached hydrogens (tertiary/aromatic N) is 3. The van der Waals surface area contributed by atoms with E-state index >= 15 is 0 Å². The van der Waals surface area contributed by atoms with Gasteiger partial charge in [0.05, 0.1) is 23.8 Å². The minimum absolute atomic E-state index is 0.0220. The van der Waals surface area contributed by atoms with E-state index in [1.165, 1.54) is 12.1 Å². The lowest BCUT2D eigenvalue weighted by molar-refractivity contribution is 0.00224. The van der Waals surface area contributed by atoms with Crippen LogP contribution in [0.25, 0.3) is 10.9 Å². The number of halogens is 4. The Morgan fingerprint density at radius 2 is 2.04 bits per heavy atom. The molecule has 5 nitrogen and oxygen atoms in total. The molecule has 0 atom stereocenters. The summed E-state index contributed by atoms with van der Waals surface area (Å²) in [6.07, 6.45) is 1.59. The van der Waals surface area contributed by atoms with Crippen LogP contribution in [0.4, 0.5) is 19.0 Å². The summed E-state index contributed by atoms with van der Waals surface area (Å²) < 4.78 is 42.6. The molecule has 2 aromatic heterocycles. The van der Waals surface area contributed by atoms with E-state index in [4.69, 9.17) is 5.73 Å². The van der Waals surface area contributed by atoms with Gasteiger partial charge >= 0.3 is 0 Å². The molecule has 3 N–H and O–H groups in total. The van der Waals surface area contributed by atoms with Crippen molar-refractivity contribution in [2.24, 2.45) is 5.73 Å². The molecule has 3 rings (SSSR count). The molecule has 9 heteroatoms. The van der Waals surface area contributed by atoms with Crippen molar-refractivity contribution >= 4 is 32.7 Å². The van der Waals surface area contributed by atoms with E-state index in [-0.39, 0.29) is 12.1 Å². The summed E-state index contributed by atoms with van der Waals surface area (Å²) in [5.74, 6) is -3.43. The van der Waals surface area contributed by atoms with E-state index in [1.54, 1.807) is 19.2 Å². The van der Waals surface area contributed by atoms with Gasteiger partial charge in [-0.2, -0.15) is 8.78 Å². The molecule has 0 saturated heterocycles. The first-order valence-electron chi connectivity index (χ1n) is 7.71. The zero-order chi connectivity index (χ0) is 18.9. The third-order valence-electron chi connectivity index (χ3n) is 3.84. The van der Waals surface area contributed by atoms with Crippen molar-refractivity contribution in [3.63, 3.8) is 0 Å². The van der Waals surface area contributed by atoms with E-state index in [9.17, 15) is 13.2 Å². The van der Waals surface area contributed by atoms with E-state index in [1.807, 2.05) is 0 Å². The highest BCUT2D eigenvalue weighted by atomic mass is 79.9. The highest BCUT2D eigenvalue weighted by Crippen LogP contribution is 2.30. The summed E-state index contributed by atoms with van der Waals surface area (Å²) in [4.78, 5) is 12.7. The molecule has 0 aliphatic carbocycles. The zero-order valence-electron chi connectivity index (χ0n) is 13.7. The van der Waals surface area contributed by atoms with Crippen molar-refractivity contribution in [1.82, 2.24) is 15.0 Å². The van der Waals surface area contributed by atoms with Crippen LogP contribution in [0, 0.1) is 12.7 Å². The molecule has 0 unspecified atom stereocenters. The predicted octanol–water partition coefficient (Wildman–Crippen LogP) is 3.90. The number of aryl methyl sites for hydroxylation is 1. The summed E-state index contributed by atoms with van der Waals surface area (Å²) in [6, 6.07) is 5.58. The normalized spacial score (nSPS) is 11.8. The fourth-order valence-electron chi connectivity index (χ4n) is 2.55. The van der Waals surface area contributed by atoms with Gasteiger partial charge in [0.25, 0.3) is 5.92 Å². The standard InChI is InChI=1S/C17H15BrF3N5/c1-9-25-13-7-23-14(18)5-11(13)16(26-9)24-6-10-3-2-4-12(15(10)19)17(20,21)8-22/h2-5,7H,6,8,22H2,1H3,(H,24,25,26). The number of rotatable bonds is 5. The lowest BCUT2D eigenvalue weighted by atomic mass is 10.0. The number of pyridine rings is 1. The summed E-state index contributed by atoms with van der Waals surface area (Å²) in [7, 11) is 0. The topological polar surface area (TPSA) is 76.7 Å². The van der Waals surface area contributed by atoms with Crippen molar-refractivity contribution in [2.45, 2.75) is 19.4 Å². The van der Waals surface area contributed by atoms with Crippen molar-refractivity contribution in [1.29, 1.82) is 0 Å². The number of benzene rings is 1.